The minimum atomic E-state index is -1.11. The molecule has 10 nitrogen and oxygen atoms in total. The van der Waals surface area contributed by atoms with Crippen LogP contribution in [0.5, 0.6) is 0 Å². The summed E-state index contributed by atoms with van der Waals surface area (Å²) in [5.74, 6) is -2.43. The van der Waals surface area contributed by atoms with Crippen LogP contribution < -0.4 is 0 Å². The lowest BCUT2D eigenvalue weighted by atomic mass is 9.97. The van der Waals surface area contributed by atoms with Gasteiger partial charge in [-0.1, -0.05) is 0 Å². The molecule has 1 saturated heterocycles. The van der Waals surface area contributed by atoms with Crippen molar-refractivity contribution < 1.29 is 42.9 Å². The van der Waals surface area contributed by atoms with Crippen LogP contribution in [0.4, 0.5) is 0 Å². The Morgan fingerprint density at radius 1 is 1.00 bits per heavy atom. The van der Waals surface area contributed by atoms with Crippen LogP contribution in [-0.4, -0.2) is 60.9 Å². The quantitative estimate of drug-likeness (QED) is 0.570. The molecule has 1 aliphatic rings. The smallest absolute Gasteiger partial charge is 0.339 e. The molecule has 4 unspecified atom stereocenters. The van der Waals surface area contributed by atoms with Gasteiger partial charge in [0, 0.05) is 32.2 Å². The highest BCUT2D eigenvalue weighted by atomic mass is 16.6. The Balaban J connectivity index is 2.42. The molecule has 1 aromatic heterocycles. The number of ether oxygens (including phenoxy) is 5. The van der Waals surface area contributed by atoms with Gasteiger partial charge in [-0.25, -0.2) is 4.79 Å². The van der Waals surface area contributed by atoms with Crippen LogP contribution in [0.1, 0.15) is 48.6 Å². The molecule has 1 N–H and O–H groups in total. The van der Waals surface area contributed by atoms with Crippen LogP contribution in [0.2, 0.25) is 0 Å². The van der Waals surface area contributed by atoms with Crippen molar-refractivity contribution in [1.82, 2.24) is 4.98 Å². The third-order valence-corrected chi connectivity index (χ3v) is 4.10. The zero-order valence-corrected chi connectivity index (χ0v) is 16.3. The van der Waals surface area contributed by atoms with Gasteiger partial charge in [0.05, 0.1) is 19.3 Å². The van der Waals surface area contributed by atoms with E-state index in [1.807, 2.05) is 0 Å². The van der Waals surface area contributed by atoms with Crippen molar-refractivity contribution in [2.75, 3.05) is 13.7 Å². The molecule has 28 heavy (non-hydrogen) atoms. The van der Waals surface area contributed by atoms with Gasteiger partial charge in [-0.2, -0.15) is 0 Å². The Morgan fingerprint density at radius 3 is 2.11 bits per heavy atom. The number of hydrogen-bond acceptors (Lipinski definition) is 9. The molecule has 0 saturated carbocycles. The first-order chi connectivity index (χ1) is 13.1. The number of methoxy groups -OCH3 is 1. The average Bonchev–Trinajstić information content (AvgIpc) is 2.97. The van der Waals surface area contributed by atoms with E-state index in [1.54, 1.807) is 6.92 Å². The number of H-pyrrole nitrogens is 1. The number of rotatable bonds is 5. The SMILES string of the molecule is COC(=O)c1cc(C2OCC(OC(C)=O)C(OC(C)=O)C2OC(C)=O)[nH]c1C. The highest BCUT2D eigenvalue weighted by molar-refractivity contribution is 5.90. The molecule has 1 aromatic rings. The highest BCUT2D eigenvalue weighted by Gasteiger charge is 2.48. The van der Waals surface area contributed by atoms with E-state index in [9.17, 15) is 19.2 Å². The maximum Gasteiger partial charge on any atom is 0.339 e. The minimum Gasteiger partial charge on any atom is -0.465 e. The first-order valence-corrected chi connectivity index (χ1v) is 8.55. The summed E-state index contributed by atoms with van der Waals surface area (Å²) >= 11 is 0. The van der Waals surface area contributed by atoms with E-state index in [0.29, 0.717) is 11.4 Å². The Morgan fingerprint density at radius 2 is 1.57 bits per heavy atom. The zero-order chi connectivity index (χ0) is 21.0. The van der Waals surface area contributed by atoms with Gasteiger partial charge in [0.25, 0.3) is 0 Å². The van der Waals surface area contributed by atoms with Crippen LogP contribution in [-0.2, 0) is 38.1 Å². The molecule has 2 rings (SSSR count). The van der Waals surface area contributed by atoms with Crippen molar-refractivity contribution in [3.8, 4) is 0 Å². The topological polar surface area (TPSA) is 130 Å². The van der Waals surface area contributed by atoms with Crippen molar-refractivity contribution in [1.29, 1.82) is 0 Å². The molecule has 1 fully saturated rings. The fourth-order valence-corrected chi connectivity index (χ4v) is 3.07. The number of nitrogens with one attached hydrogen (secondary N) is 1. The number of hydrogen-bond donors (Lipinski definition) is 1. The van der Waals surface area contributed by atoms with Crippen molar-refractivity contribution >= 4 is 23.9 Å². The lowest BCUT2D eigenvalue weighted by molar-refractivity contribution is -0.227. The first kappa shape index (κ1) is 21.4. The van der Waals surface area contributed by atoms with Gasteiger partial charge < -0.3 is 28.7 Å². The first-order valence-electron chi connectivity index (χ1n) is 8.55. The normalized spacial score (nSPS) is 24.2. The molecule has 0 aromatic carbocycles. The summed E-state index contributed by atoms with van der Waals surface area (Å²) in [5, 5.41) is 0. The highest BCUT2D eigenvalue weighted by Crippen LogP contribution is 2.34. The summed E-state index contributed by atoms with van der Waals surface area (Å²) in [6, 6.07) is 1.51. The lowest BCUT2D eigenvalue weighted by Gasteiger charge is -2.40. The van der Waals surface area contributed by atoms with E-state index in [2.05, 4.69) is 4.98 Å². The molecule has 1 aliphatic heterocycles. The third kappa shape index (κ3) is 4.89. The predicted molar refractivity (Wildman–Crippen MR) is 92.2 cm³/mol. The second-order valence-corrected chi connectivity index (χ2v) is 6.30. The van der Waals surface area contributed by atoms with Crippen LogP contribution in [0.15, 0.2) is 6.07 Å². The van der Waals surface area contributed by atoms with E-state index in [-0.39, 0.29) is 12.2 Å². The summed E-state index contributed by atoms with van der Waals surface area (Å²) in [4.78, 5) is 49.5. The van der Waals surface area contributed by atoms with E-state index in [4.69, 9.17) is 23.7 Å². The maximum absolute atomic E-state index is 11.9. The number of aryl methyl sites for hydroxylation is 1. The number of aromatic nitrogens is 1. The molecule has 0 bridgehead atoms. The molecule has 0 spiro atoms. The fraction of sp³-hybridized carbons (Fsp3) is 0.556. The van der Waals surface area contributed by atoms with Crippen molar-refractivity contribution in [3.05, 3.63) is 23.0 Å². The molecule has 2 heterocycles. The summed E-state index contributed by atoms with van der Waals surface area (Å²) < 4.78 is 26.3. The Kier molecular flexibility index (Phi) is 6.79. The maximum atomic E-state index is 11.9. The molecule has 4 atom stereocenters. The molecule has 0 amide bonds. The van der Waals surface area contributed by atoms with Gasteiger partial charge >= 0.3 is 23.9 Å². The second-order valence-electron chi connectivity index (χ2n) is 6.30. The van der Waals surface area contributed by atoms with E-state index in [1.165, 1.54) is 33.9 Å². The minimum absolute atomic E-state index is 0.106. The largest absolute Gasteiger partial charge is 0.465 e. The number of carbonyl (C=O) groups excluding carboxylic acids is 4. The van der Waals surface area contributed by atoms with E-state index < -0.39 is 48.3 Å². The standard InChI is InChI=1S/C18H23NO9/c1-8-12(18(23)24-5)6-13(19-8)15-17(28-11(4)22)16(27-10(3)21)14(7-25-15)26-9(2)20/h6,14-17,19H,7H2,1-5H3. The van der Waals surface area contributed by atoms with E-state index >= 15 is 0 Å². The van der Waals surface area contributed by atoms with Crippen LogP contribution in [0, 0.1) is 6.92 Å². The Hall–Kier alpha value is -2.88. The Labute approximate surface area is 161 Å². The van der Waals surface area contributed by atoms with Gasteiger partial charge in [0.2, 0.25) is 0 Å². The molecule has 0 aliphatic carbocycles. The third-order valence-electron chi connectivity index (χ3n) is 4.10. The van der Waals surface area contributed by atoms with Crippen molar-refractivity contribution in [2.24, 2.45) is 0 Å². The molecule has 10 heteroatoms. The average molecular weight is 397 g/mol. The van der Waals surface area contributed by atoms with Gasteiger partial charge in [-0.05, 0) is 13.0 Å². The van der Waals surface area contributed by atoms with Gasteiger partial charge in [-0.3, -0.25) is 14.4 Å². The van der Waals surface area contributed by atoms with Crippen molar-refractivity contribution in [2.45, 2.75) is 52.1 Å². The van der Waals surface area contributed by atoms with Gasteiger partial charge in [0.1, 0.15) is 6.10 Å². The zero-order valence-electron chi connectivity index (χ0n) is 16.3. The lowest BCUT2D eigenvalue weighted by Crippen LogP contribution is -2.54. The van der Waals surface area contributed by atoms with Gasteiger partial charge in [0.15, 0.2) is 18.3 Å². The summed E-state index contributed by atoms with van der Waals surface area (Å²) in [6.45, 7) is 5.15. The molecular formula is C18H23NO9. The number of carbonyl (C=O) groups is 4. The van der Waals surface area contributed by atoms with Gasteiger partial charge in [-0.15, -0.1) is 0 Å². The monoisotopic (exact) mass is 397 g/mol. The summed E-state index contributed by atoms with van der Waals surface area (Å²) in [5.41, 5.74) is 1.23. The van der Waals surface area contributed by atoms with Crippen LogP contribution in [0.25, 0.3) is 0 Å². The van der Waals surface area contributed by atoms with Crippen LogP contribution in [0.3, 0.4) is 0 Å². The molecule has 0 radical (unpaired) electrons. The predicted octanol–water partition coefficient (Wildman–Crippen LogP) is 0.976. The van der Waals surface area contributed by atoms with Crippen molar-refractivity contribution in [3.63, 3.8) is 0 Å². The fourth-order valence-electron chi connectivity index (χ4n) is 3.07. The number of esters is 4. The Bertz CT molecular complexity index is 769. The molecular weight excluding hydrogens is 374 g/mol. The van der Waals surface area contributed by atoms with E-state index in [0.717, 1.165) is 0 Å². The van der Waals surface area contributed by atoms with Crippen LogP contribution >= 0.6 is 0 Å². The number of aromatic amines is 1. The second kappa shape index (κ2) is 8.87. The molecule has 154 valence electrons. The summed E-state index contributed by atoms with van der Waals surface area (Å²) in [7, 11) is 1.26. The summed E-state index contributed by atoms with van der Waals surface area (Å²) in [6.07, 6.45) is -4.05.